The number of carbonyl (C=O) groups excluding carboxylic acids is 2. The smallest absolute Gasteiger partial charge is 0.306 e. The number of rotatable bonds is 44. The van der Waals surface area contributed by atoms with E-state index in [1.807, 2.05) is 0 Å². The molecule has 0 aliphatic rings. The van der Waals surface area contributed by atoms with Crippen LogP contribution in [0.1, 0.15) is 198 Å². The van der Waals surface area contributed by atoms with Gasteiger partial charge in [0.15, 0.2) is 12.4 Å². The molecule has 61 heavy (non-hydrogen) atoms. The predicted molar refractivity (Wildman–Crippen MR) is 249 cm³/mol. The number of aliphatic hydroxyl groups is 2. The van der Waals surface area contributed by atoms with Crippen LogP contribution < -0.4 is 0 Å². The van der Waals surface area contributed by atoms with Gasteiger partial charge in [0.1, 0.15) is 6.61 Å². The van der Waals surface area contributed by atoms with E-state index in [1.54, 1.807) is 0 Å². The van der Waals surface area contributed by atoms with E-state index in [0.29, 0.717) is 31.5 Å². The molecule has 364 valence electrons. The molecular formula is C51H100O10. The summed E-state index contributed by atoms with van der Waals surface area (Å²) >= 11 is 0. The van der Waals surface area contributed by atoms with Crippen molar-refractivity contribution in [2.45, 2.75) is 210 Å². The molecule has 0 radical (unpaired) electrons. The van der Waals surface area contributed by atoms with Gasteiger partial charge in [-0.1, -0.05) is 185 Å². The third-order valence-electron chi connectivity index (χ3n) is 12.0. The van der Waals surface area contributed by atoms with Gasteiger partial charge in [-0.15, -0.1) is 0 Å². The Morgan fingerprint density at radius 1 is 0.426 bits per heavy atom. The molecule has 0 fully saturated rings. The third kappa shape index (κ3) is 40.0. The maximum absolute atomic E-state index is 13.1. The van der Waals surface area contributed by atoms with E-state index >= 15 is 0 Å². The lowest BCUT2D eigenvalue weighted by Crippen LogP contribution is -2.34. The average molecular weight is 873 g/mol. The first-order valence-corrected chi connectivity index (χ1v) is 25.1. The van der Waals surface area contributed by atoms with Crippen LogP contribution in [0.15, 0.2) is 0 Å². The normalized spacial score (nSPS) is 16.0. The summed E-state index contributed by atoms with van der Waals surface area (Å²) in [7, 11) is 0. The Morgan fingerprint density at radius 3 is 1.21 bits per heavy atom. The van der Waals surface area contributed by atoms with Crippen molar-refractivity contribution in [2.75, 3.05) is 59.5 Å². The maximum atomic E-state index is 13.1. The van der Waals surface area contributed by atoms with Gasteiger partial charge in [0.05, 0.1) is 52.9 Å². The molecule has 7 unspecified atom stereocenters. The Morgan fingerprint density at radius 2 is 0.803 bits per heavy atom. The molecule has 0 aromatic rings. The lowest BCUT2D eigenvalue weighted by Gasteiger charge is -2.23. The fourth-order valence-electron chi connectivity index (χ4n) is 7.95. The average Bonchev–Trinajstić information content (AvgIpc) is 3.18. The number of ether oxygens (including phenoxy) is 6. The molecule has 0 rings (SSSR count). The molecule has 0 saturated carbocycles. The lowest BCUT2D eigenvalue weighted by molar-refractivity contribution is -0.195. The van der Waals surface area contributed by atoms with Gasteiger partial charge in [0.25, 0.3) is 0 Å². The largest absolute Gasteiger partial charge is 0.462 e. The van der Waals surface area contributed by atoms with Crippen molar-refractivity contribution in [3.63, 3.8) is 0 Å². The van der Waals surface area contributed by atoms with Crippen LogP contribution in [-0.4, -0.2) is 94.0 Å². The van der Waals surface area contributed by atoms with Crippen molar-refractivity contribution >= 4 is 11.9 Å². The highest BCUT2D eigenvalue weighted by Crippen LogP contribution is 2.25. The molecule has 10 nitrogen and oxygen atoms in total. The van der Waals surface area contributed by atoms with Crippen LogP contribution in [0.2, 0.25) is 0 Å². The summed E-state index contributed by atoms with van der Waals surface area (Å²) in [4.78, 5) is 26.1. The predicted octanol–water partition coefficient (Wildman–Crippen LogP) is 11.7. The van der Waals surface area contributed by atoms with Crippen molar-refractivity contribution in [1.82, 2.24) is 0 Å². The zero-order chi connectivity index (χ0) is 45.7. The zero-order valence-corrected chi connectivity index (χ0v) is 41.4. The molecule has 0 aliphatic carbocycles. The summed E-state index contributed by atoms with van der Waals surface area (Å²) in [5.74, 6) is 4.26. The summed E-state index contributed by atoms with van der Waals surface area (Å²) in [6.45, 7) is 23.6. The summed E-state index contributed by atoms with van der Waals surface area (Å²) < 4.78 is 33.5. The van der Waals surface area contributed by atoms with Crippen LogP contribution in [0.25, 0.3) is 0 Å². The van der Waals surface area contributed by atoms with E-state index in [1.165, 1.54) is 83.5 Å². The quantitative estimate of drug-likeness (QED) is 0.0347. The Balaban J connectivity index is 4.84. The second-order valence-electron chi connectivity index (χ2n) is 20.0. The molecule has 0 amide bonds. The van der Waals surface area contributed by atoms with E-state index in [9.17, 15) is 14.7 Å². The highest BCUT2D eigenvalue weighted by molar-refractivity contribution is 5.70. The van der Waals surface area contributed by atoms with Crippen LogP contribution in [0.3, 0.4) is 0 Å². The van der Waals surface area contributed by atoms with Crippen molar-refractivity contribution in [2.24, 2.45) is 47.3 Å². The fraction of sp³-hybridized carbons (Fsp3) is 0.961. The van der Waals surface area contributed by atoms with Crippen LogP contribution in [0.5, 0.6) is 0 Å². The highest BCUT2D eigenvalue weighted by atomic mass is 16.7. The topological polar surface area (TPSA) is 130 Å². The Hall–Kier alpha value is -1.30. The van der Waals surface area contributed by atoms with Crippen LogP contribution in [0.4, 0.5) is 0 Å². The molecule has 0 aromatic heterocycles. The SMILES string of the molecule is CC(C)CCCC(C)CCCC(C)CCCC(C)CC(=O)OC[C@@H](COC(CO)OCCOCCOCCO)OC(=O)CC(C)CCCC(C)CCCC(C)CCCC(C)C. The molecule has 0 aromatic carbocycles. The van der Waals surface area contributed by atoms with Gasteiger partial charge in [-0.25, -0.2) is 0 Å². The van der Waals surface area contributed by atoms with Crippen molar-refractivity contribution in [1.29, 1.82) is 0 Å². The molecule has 0 bridgehead atoms. The van der Waals surface area contributed by atoms with Crippen molar-refractivity contribution < 1.29 is 48.2 Å². The monoisotopic (exact) mass is 873 g/mol. The van der Waals surface area contributed by atoms with Gasteiger partial charge < -0.3 is 38.6 Å². The van der Waals surface area contributed by atoms with Gasteiger partial charge in [-0.3, -0.25) is 9.59 Å². The van der Waals surface area contributed by atoms with E-state index < -0.39 is 19.0 Å². The van der Waals surface area contributed by atoms with Gasteiger partial charge >= 0.3 is 11.9 Å². The second kappa shape index (κ2) is 40.2. The van der Waals surface area contributed by atoms with E-state index in [-0.39, 0.29) is 69.8 Å². The Labute approximate surface area is 376 Å². The van der Waals surface area contributed by atoms with Crippen molar-refractivity contribution in [3.8, 4) is 0 Å². The molecule has 8 atom stereocenters. The minimum atomic E-state index is -0.958. The Kier molecular flexibility index (Phi) is 39.4. The first-order chi connectivity index (χ1) is 29.1. The van der Waals surface area contributed by atoms with Gasteiger partial charge in [0.2, 0.25) is 0 Å². The first-order valence-electron chi connectivity index (χ1n) is 25.1. The number of aliphatic hydroxyl groups excluding tert-OH is 2. The van der Waals surface area contributed by atoms with Gasteiger partial charge in [-0.05, 0) is 47.3 Å². The zero-order valence-electron chi connectivity index (χ0n) is 41.4. The van der Waals surface area contributed by atoms with Crippen molar-refractivity contribution in [3.05, 3.63) is 0 Å². The van der Waals surface area contributed by atoms with Crippen LogP contribution in [-0.2, 0) is 38.0 Å². The summed E-state index contributed by atoms with van der Waals surface area (Å²) in [6.07, 6.45) is 20.9. The molecule has 2 N–H and O–H groups in total. The van der Waals surface area contributed by atoms with Gasteiger partial charge in [-0.2, -0.15) is 0 Å². The van der Waals surface area contributed by atoms with Crippen LogP contribution in [0, 0.1) is 47.3 Å². The molecule has 0 aliphatic heterocycles. The first kappa shape index (κ1) is 59.7. The lowest BCUT2D eigenvalue weighted by atomic mass is 9.91. The maximum Gasteiger partial charge on any atom is 0.306 e. The van der Waals surface area contributed by atoms with Gasteiger partial charge in [0, 0.05) is 12.8 Å². The number of esters is 2. The number of carbonyl (C=O) groups is 2. The molecule has 10 heteroatoms. The summed E-state index contributed by atoms with van der Waals surface area (Å²) in [5.41, 5.74) is 0. The number of hydrogen-bond acceptors (Lipinski definition) is 10. The minimum Gasteiger partial charge on any atom is -0.462 e. The minimum absolute atomic E-state index is 0.0394. The molecule has 0 saturated heterocycles. The standard InChI is InChI=1S/C51H100O10/c1-40(2)17-11-19-42(5)21-13-23-44(7)25-15-27-46(9)35-49(54)59-38-48(39-60-51(37-53)58-34-33-57-32-31-56-30-29-52)61-50(55)36-47(10)28-16-26-45(8)24-14-22-43(6)20-12-18-41(3)4/h40-48,51-53H,11-39H2,1-10H3/t42?,43?,44?,45?,46?,47?,48-,51?/m0/s1. The Bertz CT molecular complexity index is 992. The number of hydrogen-bond donors (Lipinski definition) is 2. The molecular weight excluding hydrogens is 773 g/mol. The molecule has 0 spiro atoms. The van der Waals surface area contributed by atoms with E-state index in [4.69, 9.17) is 33.5 Å². The van der Waals surface area contributed by atoms with E-state index in [0.717, 1.165) is 55.8 Å². The van der Waals surface area contributed by atoms with Crippen LogP contribution >= 0.6 is 0 Å². The summed E-state index contributed by atoms with van der Waals surface area (Å²) in [6, 6.07) is 0. The highest BCUT2D eigenvalue weighted by Gasteiger charge is 2.22. The third-order valence-corrected chi connectivity index (χ3v) is 12.0. The fourth-order valence-corrected chi connectivity index (χ4v) is 7.95. The summed E-state index contributed by atoms with van der Waals surface area (Å²) in [5, 5.41) is 18.7. The second-order valence-corrected chi connectivity index (χ2v) is 20.0. The molecule has 0 heterocycles. The van der Waals surface area contributed by atoms with E-state index in [2.05, 4.69) is 69.2 Å².